The minimum absolute atomic E-state index is 0.187. The van der Waals surface area contributed by atoms with Crippen LogP contribution in [0.1, 0.15) is 26.2 Å². The zero-order valence-electron chi connectivity index (χ0n) is 15.3. The van der Waals surface area contributed by atoms with Crippen molar-refractivity contribution in [1.29, 1.82) is 0 Å². The lowest BCUT2D eigenvalue weighted by atomic mass is 9.96. The Bertz CT molecular complexity index is 904. The number of imidazole rings is 1. The number of nitrogens with one attached hydrogen (secondary N) is 2. The number of fused-ring (bicyclic) bond motifs is 1. The number of urea groups is 1. The maximum absolute atomic E-state index is 12.5. The van der Waals surface area contributed by atoms with E-state index in [1.807, 2.05) is 28.8 Å². The van der Waals surface area contributed by atoms with Gasteiger partial charge in [-0.25, -0.2) is 9.78 Å². The Balaban J connectivity index is 1.25. The Kier molecular flexibility index (Phi) is 4.33. The number of benzene rings is 1. The quantitative estimate of drug-likeness (QED) is 0.567. The normalized spacial score (nSPS) is 22.3. The molecule has 1 aromatic heterocycles. The number of rotatable bonds is 7. The number of para-hydroxylation sites is 2. The zero-order valence-corrected chi connectivity index (χ0v) is 15.3. The number of hydrogen-bond acceptors (Lipinski definition) is 4. The van der Waals surface area contributed by atoms with Crippen LogP contribution in [0.2, 0.25) is 0 Å². The Morgan fingerprint density at radius 1 is 1.33 bits per heavy atom. The second kappa shape index (κ2) is 6.68. The summed E-state index contributed by atoms with van der Waals surface area (Å²) in [4.78, 5) is 42.1. The van der Waals surface area contributed by atoms with Gasteiger partial charge < -0.3 is 15.2 Å². The SMILES string of the molecule is CC1(C2CC2)NC(=O)N(CC(=O)NCCCn2cnc3ccccc32)C1=O. The number of carbonyl (C=O) groups is 3. The van der Waals surface area contributed by atoms with Crippen molar-refractivity contribution in [1.82, 2.24) is 25.1 Å². The summed E-state index contributed by atoms with van der Waals surface area (Å²) < 4.78 is 2.04. The fourth-order valence-electron chi connectivity index (χ4n) is 3.66. The van der Waals surface area contributed by atoms with E-state index in [-0.39, 0.29) is 24.3 Å². The number of amides is 4. The molecule has 4 rings (SSSR count). The van der Waals surface area contributed by atoms with Gasteiger partial charge in [-0.3, -0.25) is 14.5 Å². The van der Waals surface area contributed by atoms with Crippen molar-refractivity contribution in [3.8, 4) is 0 Å². The summed E-state index contributed by atoms with van der Waals surface area (Å²) >= 11 is 0. The summed E-state index contributed by atoms with van der Waals surface area (Å²) in [6, 6.07) is 7.41. The average molecular weight is 369 g/mol. The van der Waals surface area contributed by atoms with E-state index in [1.54, 1.807) is 13.3 Å². The number of hydrogen-bond donors (Lipinski definition) is 2. The van der Waals surface area contributed by atoms with Crippen molar-refractivity contribution < 1.29 is 14.4 Å². The molecule has 0 radical (unpaired) electrons. The largest absolute Gasteiger partial charge is 0.354 e. The summed E-state index contributed by atoms with van der Waals surface area (Å²) in [5, 5.41) is 5.53. The van der Waals surface area contributed by atoms with E-state index in [9.17, 15) is 14.4 Å². The monoisotopic (exact) mass is 369 g/mol. The van der Waals surface area contributed by atoms with Gasteiger partial charge in [-0.1, -0.05) is 12.1 Å². The van der Waals surface area contributed by atoms with Crippen molar-refractivity contribution in [2.45, 2.75) is 38.3 Å². The molecule has 0 spiro atoms. The third-order valence-electron chi connectivity index (χ3n) is 5.42. The summed E-state index contributed by atoms with van der Waals surface area (Å²) in [5.74, 6) is -0.434. The highest BCUT2D eigenvalue weighted by Crippen LogP contribution is 2.42. The maximum atomic E-state index is 12.5. The van der Waals surface area contributed by atoms with Crippen molar-refractivity contribution in [3.05, 3.63) is 30.6 Å². The van der Waals surface area contributed by atoms with Crippen molar-refractivity contribution in [2.24, 2.45) is 5.92 Å². The lowest BCUT2D eigenvalue weighted by Gasteiger charge is -2.20. The molecule has 1 aromatic carbocycles. The lowest BCUT2D eigenvalue weighted by Crippen LogP contribution is -2.47. The minimum Gasteiger partial charge on any atom is -0.354 e. The van der Waals surface area contributed by atoms with Gasteiger partial charge in [0.05, 0.1) is 17.4 Å². The van der Waals surface area contributed by atoms with Gasteiger partial charge in [0.25, 0.3) is 5.91 Å². The van der Waals surface area contributed by atoms with Gasteiger partial charge in [0.2, 0.25) is 5.91 Å². The molecular weight excluding hydrogens is 346 g/mol. The molecule has 2 N–H and O–H groups in total. The third kappa shape index (κ3) is 3.27. The molecule has 1 saturated carbocycles. The zero-order chi connectivity index (χ0) is 19.0. The molecule has 2 aliphatic rings. The van der Waals surface area contributed by atoms with Crippen LogP contribution in [0, 0.1) is 5.92 Å². The Morgan fingerprint density at radius 2 is 2.11 bits per heavy atom. The first-order chi connectivity index (χ1) is 13.0. The average Bonchev–Trinajstić information content (AvgIpc) is 3.40. The lowest BCUT2D eigenvalue weighted by molar-refractivity contribution is -0.135. The molecule has 1 saturated heterocycles. The first-order valence-electron chi connectivity index (χ1n) is 9.30. The topological polar surface area (TPSA) is 96.3 Å². The smallest absolute Gasteiger partial charge is 0.325 e. The van der Waals surface area contributed by atoms with E-state index in [1.165, 1.54) is 0 Å². The highest BCUT2D eigenvalue weighted by atomic mass is 16.2. The van der Waals surface area contributed by atoms with Gasteiger partial charge in [-0.05, 0) is 44.2 Å². The molecule has 2 fully saturated rings. The van der Waals surface area contributed by atoms with Crippen LogP contribution in [0.15, 0.2) is 30.6 Å². The number of imide groups is 1. The summed E-state index contributed by atoms with van der Waals surface area (Å²) in [6.45, 7) is 2.71. The number of aromatic nitrogens is 2. The van der Waals surface area contributed by atoms with Gasteiger partial charge in [0, 0.05) is 13.1 Å². The van der Waals surface area contributed by atoms with Crippen LogP contribution in [-0.2, 0) is 16.1 Å². The summed E-state index contributed by atoms with van der Waals surface area (Å²) in [5.41, 5.74) is 1.15. The molecule has 142 valence electrons. The van der Waals surface area contributed by atoms with Gasteiger partial charge >= 0.3 is 6.03 Å². The van der Waals surface area contributed by atoms with Crippen LogP contribution in [0.3, 0.4) is 0 Å². The molecule has 4 amide bonds. The number of carbonyl (C=O) groups excluding carboxylic acids is 3. The van der Waals surface area contributed by atoms with Crippen LogP contribution in [0.25, 0.3) is 11.0 Å². The second-order valence-electron chi connectivity index (χ2n) is 7.43. The van der Waals surface area contributed by atoms with Gasteiger partial charge in [-0.15, -0.1) is 0 Å². The van der Waals surface area contributed by atoms with Crippen molar-refractivity contribution in [3.63, 3.8) is 0 Å². The molecule has 8 nitrogen and oxygen atoms in total. The predicted octanol–water partition coefficient (Wildman–Crippen LogP) is 1.26. The van der Waals surface area contributed by atoms with E-state index in [2.05, 4.69) is 15.6 Å². The van der Waals surface area contributed by atoms with Gasteiger partial charge in [0.1, 0.15) is 12.1 Å². The molecule has 1 unspecified atom stereocenters. The van der Waals surface area contributed by atoms with Crippen LogP contribution in [-0.4, -0.2) is 50.9 Å². The molecule has 2 heterocycles. The van der Waals surface area contributed by atoms with E-state index in [4.69, 9.17) is 0 Å². The van der Waals surface area contributed by atoms with Crippen LogP contribution in [0.5, 0.6) is 0 Å². The van der Waals surface area contributed by atoms with E-state index in [0.29, 0.717) is 6.54 Å². The highest BCUT2D eigenvalue weighted by Gasteiger charge is 2.56. The molecule has 8 heteroatoms. The Morgan fingerprint density at radius 3 is 2.89 bits per heavy atom. The van der Waals surface area contributed by atoms with E-state index < -0.39 is 11.6 Å². The van der Waals surface area contributed by atoms with Crippen LogP contribution >= 0.6 is 0 Å². The molecule has 1 atom stereocenters. The fraction of sp³-hybridized carbons (Fsp3) is 0.474. The third-order valence-corrected chi connectivity index (χ3v) is 5.42. The molecule has 1 aliphatic carbocycles. The maximum Gasteiger partial charge on any atom is 0.325 e. The standard InChI is InChI=1S/C19H23N5O3/c1-19(13-7-8-13)17(26)24(18(27)22-19)11-16(25)20-9-4-10-23-12-21-14-5-2-3-6-15(14)23/h2-3,5-6,12-13H,4,7-11H2,1H3,(H,20,25)(H,22,27). The predicted molar refractivity (Wildman–Crippen MR) is 98.7 cm³/mol. The Hall–Kier alpha value is -2.90. The highest BCUT2D eigenvalue weighted by molar-refractivity contribution is 6.09. The van der Waals surface area contributed by atoms with E-state index in [0.717, 1.165) is 41.7 Å². The molecule has 27 heavy (non-hydrogen) atoms. The first-order valence-corrected chi connectivity index (χ1v) is 9.30. The fourth-order valence-corrected chi connectivity index (χ4v) is 3.66. The van der Waals surface area contributed by atoms with Crippen LogP contribution in [0.4, 0.5) is 4.79 Å². The van der Waals surface area contributed by atoms with Gasteiger partial charge in [-0.2, -0.15) is 0 Å². The van der Waals surface area contributed by atoms with E-state index >= 15 is 0 Å². The Labute approximate surface area is 156 Å². The van der Waals surface area contributed by atoms with Crippen molar-refractivity contribution >= 4 is 28.9 Å². The second-order valence-corrected chi connectivity index (χ2v) is 7.43. The molecule has 2 aromatic rings. The first kappa shape index (κ1) is 17.5. The number of nitrogens with zero attached hydrogens (tertiary/aromatic N) is 3. The molecule has 0 bridgehead atoms. The summed E-state index contributed by atoms with van der Waals surface area (Å²) in [6.07, 6.45) is 4.39. The van der Waals surface area contributed by atoms with Crippen LogP contribution < -0.4 is 10.6 Å². The molecule has 1 aliphatic heterocycles. The number of aryl methyl sites for hydroxylation is 1. The molecular formula is C19H23N5O3. The summed E-state index contributed by atoms with van der Waals surface area (Å²) in [7, 11) is 0. The van der Waals surface area contributed by atoms with Gasteiger partial charge in [0.15, 0.2) is 0 Å². The van der Waals surface area contributed by atoms with Crippen molar-refractivity contribution in [2.75, 3.05) is 13.1 Å². The minimum atomic E-state index is -0.847.